The van der Waals surface area contributed by atoms with Gasteiger partial charge in [0.05, 0.1) is 24.8 Å². The predicted molar refractivity (Wildman–Crippen MR) is 104 cm³/mol. The standard InChI is InChI=1S/C18H19FN4O3.C2HF3O2/c1-22-11-6-13(7-12(22)10-25-9-11)26-18(24)15-8-23(5-3-20)16-14(15)2-4-21-17(16)19;3-2(4,5)1(6)7/h2,4,8,11-13H,5-7,9-10H2,1H3;(H,6,7). The van der Waals surface area contributed by atoms with Crippen LogP contribution in [0.25, 0.3) is 10.9 Å². The zero-order valence-corrected chi connectivity index (χ0v) is 17.4. The summed E-state index contributed by atoms with van der Waals surface area (Å²) in [7, 11) is 2.07. The molecule has 4 heterocycles. The average Bonchev–Trinajstić information content (AvgIpc) is 3.09. The number of morpholine rings is 1. The van der Waals surface area contributed by atoms with Gasteiger partial charge in [0.1, 0.15) is 18.2 Å². The zero-order chi connectivity index (χ0) is 24.3. The maximum absolute atomic E-state index is 14.1. The highest BCUT2D eigenvalue weighted by Gasteiger charge is 2.39. The normalized spacial score (nSPS) is 22.7. The third kappa shape index (κ3) is 5.40. The lowest BCUT2D eigenvalue weighted by Gasteiger charge is -2.46. The van der Waals surface area contributed by atoms with Gasteiger partial charge in [-0.25, -0.2) is 14.6 Å². The Balaban J connectivity index is 0.000000383. The van der Waals surface area contributed by atoms with Crippen molar-refractivity contribution in [3.8, 4) is 6.07 Å². The van der Waals surface area contributed by atoms with E-state index in [1.807, 2.05) is 6.07 Å². The Morgan fingerprint density at radius 1 is 1.33 bits per heavy atom. The van der Waals surface area contributed by atoms with Crippen LogP contribution in [0.15, 0.2) is 18.5 Å². The van der Waals surface area contributed by atoms with E-state index in [0.29, 0.717) is 31.4 Å². The first-order valence-electron chi connectivity index (χ1n) is 9.84. The number of carbonyl (C=O) groups is 2. The second-order valence-electron chi connectivity index (χ2n) is 7.64. The van der Waals surface area contributed by atoms with Crippen molar-refractivity contribution in [2.45, 2.75) is 43.8 Å². The second-order valence-corrected chi connectivity index (χ2v) is 7.64. The molecule has 0 spiro atoms. The van der Waals surface area contributed by atoms with Crippen molar-refractivity contribution in [2.75, 3.05) is 20.3 Å². The molecule has 2 fully saturated rings. The van der Waals surface area contributed by atoms with Gasteiger partial charge in [-0.2, -0.15) is 22.8 Å². The van der Waals surface area contributed by atoms with E-state index >= 15 is 0 Å². The molecule has 1 N–H and O–H groups in total. The van der Waals surface area contributed by atoms with Crippen molar-refractivity contribution < 1.29 is 41.7 Å². The molecular formula is C20H20F4N4O5. The fourth-order valence-corrected chi connectivity index (χ4v) is 3.93. The second kappa shape index (κ2) is 9.72. The molecule has 4 rings (SSSR count). The number of alkyl halides is 3. The molecule has 9 nitrogen and oxygen atoms in total. The number of fused-ring (bicyclic) bond motifs is 3. The maximum Gasteiger partial charge on any atom is 0.490 e. The lowest BCUT2D eigenvalue weighted by Crippen LogP contribution is -2.56. The molecule has 0 radical (unpaired) electrons. The molecule has 2 aromatic heterocycles. The van der Waals surface area contributed by atoms with E-state index in [1.54, 1.807) is 6.07 Å². The fourth-order valence-electron chi connectivity index (χ4n) is 3.93. The van der Waals surface area contributed by atoms with E-state index in [0.717, 1.165) is 0 Å². The molecular weight excluding hydrogens is 452 g/mol. The van der Waals surface area contributed by atoms with Crippen LogP contribution >= 0.6 is 0 Å². The van der Waals surface area contributed by atoms with Gasteiger partial charge in [0.15, 0.2) is 0 Å². The molecule has 2 aliphatic heterocycles. The Bertz CT molecular complexity index is 1070. The molecule has 178 valence electrons. The summed E-state index contributed by atoms with van der Waals surface area (Å²) in [5.74, 6) is -3.96. The molecule has 33 heavy (non-hydrogen) atoms. The van der Waals surface area contributed by atoms with E-state index in [-0.39, 0.29) is 35.8 Å². The first-order valence-corrected chi connectivity index (χ1v) is 9.84. The van der Waals surface area contributed by atoms with Gasteiger partial charge in [-0.15, -0.1) is 0 Å². The summed E-state index contributed by atoms with van der Waals surface area (Å²) >= 11 is 0. The summed E-state index contributed by atoms with van der Waals surface area (Å²) in [6.45, 7) is 1.21. The molecule has 0 aliphatic carbocycles. The van der Waals surface area contributed by atoms with Crippen molar-refractivity contribution in [1.82, 2.24) is 14.5 Å². The first-order chi connectivity index (χ1) is 15.5. The summed E-state index contributed by atoms with van der Waals surface area (Å²) in [4.78, 5) is 27.5. The lowest BCUT2D eigenvalue weighted by molar-refractivity contribution is -0.192. The summed E-state index contributed by atoms with van der Waals surface area (Å²) in [6.07, 6.45) is -1.07. The number of esters is 1. The number of hydrogen-bond acceptors (Lipinski definition) is 7. The molecule has 2 atom stereocenters. The quantitative estimate of drug-likeness (QED) is 0.411. The van der Waals surface area contributed by atoms with Crippen LogP contribution in [0.2, 0.25) is 0 Å². The number of piperidine rings is 1. The molecule has 2 bridgehead atoms. The number of nitrogens with zero attached hydrogens (tertiary/aromatic N) is 4. The number of aliphatic carboxylic acids is 1. The van der Waals surface area contributed by atoms with Crippen LogP contribution in [0.3, 0.4) is 0 Å². The number of likely N-dealkylation sites (N-methyl/N-ethyl adjacent to an activating group) is 1. The minimum absolute atomic E-state index is 0.0674. The number of nitriles is 1. The Morgan fingerprint density at radius 2 is 1.94 bits per heavy atom. The molecule has 0 aromatic carbocycles. The molecule has 0 saturated carbocycles. The van der Waals surface area contributed by atoms with Crippen LogP contribution in [0.5, 0.6) is 0 Å². The number of halogens is 4. The Labute approximate surface area is 185 Å². The predicted octanol–water partition coefficient (Wildman–Crippen LogP) is 2.35. The Kier molecular flexibility index (Phi) is 7.19. The fraction of sp³-hybridized carbons (Fsp3) is 0.500. The first kappa shape index (κ1) is 24.4. The summed E-state index contributed by atoms with van der Waals surface area (Å²) in [6, 6.07) is 4.01. The lowest BCUT2D eigenvalue weighted by atomic mass is 9.92. The summed E-state index contributed by atoms with van der Waals surface area (Å²) in [5.41, 5.74) is 0.409. The van der Waals surface area contributed by atoms with Crippen molar-refractivity contribution >= 4 is 22.8 Å². The minimum Gasteiger partial charge on any atom is -0.475 e. The van der Waals surface area contributed by atoms with Gasteiger partial charge in [-0.1, -0.05) is 0 Å². The highest BCUT2D eigenvalue weighted by Crippen LogP contribution is 2.30. The highest BCUT2D eigenvalue weighted by atomic mass is 19.4. The van der Waals surface area contributed by atoms with E-state index < -0.39 is 24.1 Å². The number of carboxylic acids is 1. The van der Waals surface area contributed by atoms with Crippen molar-refractivity contribution in [3.63, 3.8) is 0 Å². The number of carboxylic acid groups (broad SMARTS) is 1. The largest absolute Gasteiger partial charge is 0.490 e. The van der Waals surface area contributed by atoms with Crippen LogP contribution in [0, 0.1) is 17.3 Å². The third-order valence-electron chi connectivity index (χ3n) is 5.56. The van der Waals surface area contributed by atoms with Gasteiger partial charge >= 0.3 is 18.1 Å². The molecule has 0 amide bonds. The topological polar surface area (TPSA) is 118 Å². The summed E-state index contributed by atoms with van der Waals surface area (Å²) < 4.78 is 58.5. The number of carbonyl (C=O) groups excluding carboxylic acids is 1. The number of aromatic nitrogens is 2. The maximum atomic E-state index is 14.1. The SMILES string of the molecule is CN1C2COCC1CC(OC(=O)c1cn(CC#N)c3c(F)nccc13)C2.O=C(O)C(F)(F)F. The molecule has 13 heteroatoms. The van der Waals surface area contributed by atoms with Gasteiger partial charge in [0.25, 0.3) is 0 Å². The van der Waals surface area contributed by atoms with Crippen LogP contribution < -0.4 is 0 Å². The van der Waals surface area contributed by atoms with Crippen LogP contribution in [0.1, 0.15) is 23.2 Å². The van der Waals surface area contributed by atoms with E-state index in [9.17, 15) is 22.4 Å². The summed E-state index contributed by atoms with van der Waals surface area (Å²) in [5, 5.41) is 16.5. The van der Waals surface area contributed by atoms with Gasteiger partial charge in [0, 0.05) is 42.7 Å². The zero-order valence-electron chi connectivity index (χ0n) is 17.4. The van der Waals surface area contributed by atoms with Crippen molar-refractivity contribution in [1.29, 1.82) is 5.26 Å². The Hall–Kier alpha value is -3.24. The van der Waals surface area contributed by atoms with E-state index in [2.05, 4.69) is 16.9 Å². The molecule has 2 unspecified atom stereocenters. The number of ether oxygens (including phenoxy) is 2. The van der Waals surface area contributed by atoms with Crippen molar-refractivity contribution in [2.24, 2.45) is 0 Å². The van der Waals surface area contributed by atoms with Crippen LogP contribution in [-0.4, -0.2) is 76.1 Å². The average molecular weight is 472 g/mol. The van der Waals surface area contributed by atoms with Crippen LogP contribution in [-0.2, 0) is 20.8 Å². The van der Waals surface area contributed by atoms with Gasteiger partial charge in [0.2, 0.25) is 5.95 Å². The molecule has 2 aromatic rings. The van der Waals surface area contributed by atoms with E-state index in [4.69, 9.17) is 24.6 Å². The third-order valence-corrected chi connectivity index (χ3v) is 5.56. The Morgan fingerprint density at radius 3 is 2.48 bits per heavy atom. The minimum atomic E-state index is -5.08. The van der Waals surface area contributed by atoms with E-state index in [1.165, 1.54) is 17.0 Å². The number of pyridine rings is 1. The van der Waals surface area contributed by atoms with Gasteiger partial charge in [-0.05, 0) is 13.1 Å². The number of hydrogen-bond donors (Lipinski definition) is 1. The number of rotatable bonds is 3. The van der Waals surface area contributed by atoms with Gasteiger partial charge < -0.3 is 19.1 Å². The van der Waals surface area contributed by atoms with Crippen molar-refractivity contribution in [3.05, 3.63) is 30.0 Å². The van der Waals surface area contributed by atoms with Gasteiger partial charge in [-0.3, -0.25) is 4.90 Å². The smallest absolute Gasteiger partial charge is 0.475 e. The molecule has 2 aliphatic rings. The van der Waals surface area contributed by atoms with Crippen LogP contribution in [0.4, 0.5) is 17.6 Å². The monoisotopic (exact) mass is 472 g/mol. The highest BCUT2D eigenvalue weighted by molar-refractivity contribution is 6.04. The molecule has 2 saturated heterocycles.